The van der Waals surface area contributed by atoms with Crippen molar-refractivity contribution in [3.63, 3.8) is 0 Å². The summed E-state index contributed by atoms with van der Waals surface area (Å²) in [4.78, 5) is 32.9. The van der Waals surface area contributed by atoms with Gasteiger partial charge in [0.05, 0.1) is 11.0 Å². The zero-order valence-corrected chi connectivity index (χ0v) is 19.0. The first-order valence-corrected chi connectivity index (χ1v) is 10.4. The Morgan fingerprint density at radius 1 is 1.13 bits per heavy atom. The molecule has 0 fully saturated rings. The molecule has 0 spiro atoms. The van der Waals surface area contributed by atoms with Gasteiger partial charge < -0.3 is 20.1 Å². The Bertz CT molecular complexity index is 1100. The lowest BCUT2D eigenvalue weighted by Crippen LogP contribution is -2.34. The fraction of sp³-hybridized carbons (Fsp3) is 0.273. The number of carbonyl (C=O) groups is 2. The number of anilines is 1. The smallest absolute Gasteiger partial charge is 0.407 e. The van der Waals surface area contributed by atoms with Gasteiger partial charge in [0.25, 0.3) is 5.91 Å². The van der Waals surface area contributed by atoms with Crippen LogP contribution in [0.15, 0.2) is 53.1 Å². The summed E-state index contributed by atoms with van der Waals surface area (Å²) in [6, 6.07) is 12.3. The summed E-state index contributed by atoms with van der Waals surface area (Å²) in [5.41, 5.74) is 0.393. The van der Waals surface area contributed by atoms with Gasteiger partial charge in [-0.3, -0.25) is 4.79 Å². The van der Waals surface area contributed by atoms with Crippen molar-refractivity contribution in [3.05, 3.63) is 58.7 Å². The average molecular weight is 487 g/mol. The monoisotopic (exact) mass is 486 g/mol. The molecule has 2 aromatic heterocycles. The van der Waals surface area contributed by atoms with Crippen molar-refractivity contribution in [2.45, 2.75) is 26.4 Å². The standard InChI is InChI=1S/C22H23BrN4O4/c1-22(2,3)31-21(29)25-11-12-30-17-13-15(6-8-16(17)23)20(28)27-18-9-7-14-5-4-10-24-19(14)26-18/h4-10,13H,11-12H2,1-3H3,(H,25,29)(H,24,26,27,28). The molecule has 31 heavy (non-hydrogen) atoms. The molecule has 0 aliphatic heterocycles. The van der Waals surface area contributed by atoms with E-state index in [4.69, 9.17) is 9.47 Å². The Hall–Kier alpha value is -3.20. The summed E-state index contributed by atoms with van der Waals surface area (Å²) in [5, 5.41) is 6.27. The molecular weight excluding hydrogens is 464 g/mol. The number of nitrogens with one attached hydrogen (secondary N) is 2. The second kappa shape index (κ2) is 9.74. The maximum atomic E-state index is 12.6. The number of nitrogens with zero attached hydrogens (tertiary/aromatic N) is 2. The van der Waals surface area contributed by atoms with Crippen molar-refractivity contribution in [2.24, 2.45) is 0 Å². The highest BCUT2D eigenvalue weighted by atomic mass is 79.9. The van der Waals surface area contributed by atoms with Gasteiger partial charge >= 0.3 is 6.09 Å². The molecule has 0 unspecified atom stereocenters. The Kier molecular flexibility index (Phi) is 7.06. The largest absolute Gasteiger partial charge is 0.491 e. The number of pyridine rings is 2. The van der Waals surface area contributed by atoms with Gasteiger partial charge in [-0.15, -0.1) is 0 Å². The predicted octanol–water partition coefficient (Wildman–Crippen LogP) is 4.55. The highest BCUT2D eigenvalue weighted by Gasteiger charge is 2.16. The van der Waals surface area contributed by atoms with E-state index in [1.165, 1.54) is 0 Å². The zero-order chi connectivity index (χ0) is 22.4. The van der Waals surface area contributed by atoms with E-state index in [-0.39, 0.29) is 19.1 Å². The maximum Gasteiger partial charge on any atom is 0.407 e. The number of alkyl carbamates (subject to hydrolysis) is 1. The average Bonchev–Trinajstić information content (AvgIpc) is 2.71. The van der Waals surface area contributed by atoms with Crippen molar-refractivity contribution >= 4 is 44.8 Å². The van der Waals surface area contributed by atoms with Crippen molar-refractivity contribution in [1.82, 2.24) is 15.3 Å². The quantitative estimate of drug-likeness (QED) is 0.495. The molecule has 2 heterocycles. The molecule has 0 aliphatic rings. The highest BCUT2D eigenvalue weighted by molar-refractivity contribution is 9.10. The molecule has 9 heteroatoms. The zero-order valence-electron chi connectivity index (χ0n) is 17.4. The Morgan fingerprint density at radius 2 is 1.94 bits per heavy atom. The second-order valence-electron chi connectivity index (χ2n) is 7.62. The third kappa shape index (κ3) is 6.65. The number of halogens is 1. The number of ether oxygens (including phenoxy) is 2. The first-order valence-electron chi connectivity index (χ1n) is 9.63. The van der Waals surface area contributed by atoms with Crippen LogP contribution in [0.5, 0.6) is 5.75 Å². The van der Waals surface area contributed by atoms with E-state index in [9.17, 15) is 9.59 Å². The lowest BCUT2D eigenvalue weighted by atomic mass is 10.2. The van der Waals surface area contributed by atoms with Crippen LogP contribution in [0.4, 0.5) is 10.6 Å². The number of carbonyl (C=O) groups excluding carboxylic acids is 2. The van der Waals surface area contributed by atoms with E-state index in [1.807, 2.05) is 18.2 Å². The summed E-state index contributed by atoms with van der Waals surface area (Å²) < 4.78 is 11.6. The molecule has 1 aromatic carbocycles. The summed E-state index contributed by atoms with van der Waals surface area (Å²) >= 11 is 3.40. The molecule has 2 amide bonds. The van der Waals surface area contributed by atoms with Crippen LogP contribution in [-0.4, -0.2) is 40.7 Å². The Morgan fingerprint density at radius 3 is 2.71 bits per heavy atom. The fourth-order valence-corrected chi connectivity index (χ4v) is 2.96. The molecular formula is C22H23BrN4O4. The number of hydrogen-bond donors (Lipinski definition) is 2. The third-order valence-corrected chi connectivity index (χ3v) is 4.58. The van der Waals surface area contributed by atoms with Crippen LogP contribution in [-0.2, 0) is 4.74 Å². The van der Waals surface area contributed by atoms with Crippen LogP contribution in [0.2, 0.25) is 0 Å². The predicted molar refractivity (Wildman–Crippen MR) is 121 cm³/mol. The molecule has 0 atom stereocenters. The molecule has 2 N–H and O–H groups in total. The van der Waals surface area contributed by atoms with E-state index >= 15 is 0 Å². The minimum Gasteiger partial charge on any atom is -0.491 e. The lowest BCUT2D eigenvalue weighted by molar-refractivity contribution is 0.0520. The van der Waals surface area contributed by atoms with Gasteiger partial charge in [0, 0.05) is 17.1 Å². The van der Waals surface area contributed by atoms with Crippen LogP contribution in [0, 0.1) is 0 Å². The summed E-state index contributed by atoms with van der Waals surface area (Å²) in [6.07, 6.45) is 1.14. The second-order valence-corrected chi connectivity index (χ2v) is 8.48. The summed E-state index contributed by atoms with van der Waals surface area (Å²) in [5.74, 6) is 0.557. The van der Waals surface area contributed by atoms with E-state index in [1.54, 1.807) is 51.2 Å². The first kappa shape index (κ1) is 22.5. The molecule has 0 saturated carbocycles. The molecule has 162 valence electrons. The van der Waals surface area contributed by atoms with Crippen LogP contribution >= 0.6 is 15.9 Å². The lowest BCUT2D eigenvalue weighted by Gasteiger charge is -2.19. The van der Waals surface area contributed by atoms with Gasteiger partial charge in [-0.2, -0.15) is 0 Å². The molecule has 0 saturated heterocycles. The van der Waals surface area contributed by atoms with Gasteiger partial charge in [0.1, 0.15) is 23.8 Å². The van der Waals surface area contributed by atoms with Crippen LogP contribution in [0.1, 0.15) is 31.1 Å². The SMILES string of the molecule is CC(C)(C)OC(=O)NCCOc1cc(C(=O)Nc2ccc3cccnc3n2)ccc1Br. The van der Waals surface area contributed by atoms with Crippen LogP contribution in [0.3, 0.4) is 0 Å². The normalized spacial score (nSPS) is 11.1. The van der Waals surface area contributed by atoms with E-state index in [0.29, 0.717) is 27.3 Å². The fourth-order valence-electron chi connectivity index (χ4n) is 2.59. The van der Waals surface area contributed by atoms with Gasteiger partial charge in [-0.05, 0) is 79.2 Å². The van der Waals surface area contributed by atoms with Crippen molar-refractivity contribution < 1.29 is 19.1 Å². The van der Waals surface area contributed by atoms with Gasteiger partial charge in [0.15, 0.2) is 5.65 Å². The first-order chi connectivity index (χ1) is 14.7. The molecule has 8 nitrogen and oxygen atoms in total. The molecule has 3 rings (SSSR count). The van der Waals surface area contributed by atoms with Crippen LogP contribution < -0.4 is 15.4 Å². The number of hydrogen-bond acceptors (Lipinski definition) is 6. The minimum atomic E-state index is -0.564. The van der Waals surface area contributed by atoms with Crippen LogP contribution in [0.25, 0.3) is 11.0 Å². The van der Waals surface area contributed by atoms with Crippen molar-refractivity contribution in [1.29, 1.82) is 0 Å². The molecule has 3 aromatic rings. The van der Waals surface area contributed by atoms with Crippen molar-refractivity contribution in [3.8, 4) is 5.75 Å². The van der Waals surface area contributed by atoms with E-state index < -0.39 is 11.7 Å². The minimum absolute atomic E-state index is 0.209. The molecule has 0 bridgehead atoms. The summed E-state index contributed by atoms with van der Waals surface area (Å²) in [7, 11) is 0. The van der Waals surface area contributed by atoms with E-state index in [2.05, 4.69) is 36.5 Å². The van der Waals surface area contributed by atoms with Gasteiger partial charge in [-0.1, -0.05) is 0 Å². The Balaban J connectivity index is 1.59. The van der Waals surface area contributed by atoms with Crippen molar-refractivity contribution in [2.75, 3.05) is 18.5 Å². The summed E-state index contributed by atoms with van der Waals surface area (Å²) in [6.45, 7) is 5.84. The topological polar surface area (TPSA) is 102 Å². The highest BCUT2D eigenvalue weighted by Crippen LogP contribution is 2.26. The maximum absolute atomic E-state index is 12.6. The van der Waals surface area contributed by atoms with Gasteiger partial charge in [0.2, 0.25) is 0 Å². The number of aromatic nitrogens is 2. The Labute approximate surface area is 188 Å². The van der Waals surface area contributed by atoms with E-state index in [0.717, 1.165) is 5.39 Å². The molecule has 0 radical (unpaired) electrons. The number of amides is 2. The van der Waals surface area contributed by atoms with Gasteiger partial charge in [-0.25, -0.2) is 14.8 Å². The number of rotatable bonds is 6. The number of benzene rings is 1. The number of fused-ring (bicyclic) bond motifs is 1. The molecule has 0 aliphatic carbocycles. The third-order valence-electron chi connectivity index (χ3n) is 3.93.